The van der Waals surface area contributed by atoms with Crippen molar-refractivity contribution in [3.8, 4) is 0 Å². The van der Waals surface area contributed by atoms with Crippen molar-refractivity contribution < 1.29 is 14.3 Å². The average Bonchev–Trinajstić information content (AvgIpc) is 2.60. The number of hydrogen-bond acceptors (Lipinski definition) is 3. The summed E-state index contributed by atoms with van der Waals surface area (Å²) in [5.41, 5.74) is 2.53. The molecule has 0 saturated carbocycles. The summed E-state index contributed by atoms with van der Waals surface area (Å²) >= 11 is 0. The van der Waals surface area contributed by atoms with Crippen molar-refractivity contribution in [1.82, 2.24) is 0 Å². The average molecular weight is 310 g/mol. The number of unbranched alkanes of at least 4 members (excludes halogenated alkanes) is 1. The Morgan fingerprint density at radius 1 is 0.870 bits per heavy atom. The fraction of sp³-hybridized carbons (Fsp3) is 0.300. The van der Waals surface area contributed by atoms with E-state index in [1.165, 1.54) is 5.56 Å². The monoisotopic (exact) mass is 310 g/mol. The van der Waals surface area contributed by atoms with E-state index in [0.29, 0.717) is 18.6 Å². The molecule has 0 atom stereocenters. The second kappa shape index (κ2) is 8.89. The van der Waals surface area contributed by atoms with Gasteiger partial charge in [0.25, 0.3) is 0 Å². The third-order valence-electron chi connectivity index (χ3n) is 3.68. The van der Waals surface area contributed by atoms with Gasteiger partial charge in [0, 0.05) is 12.0 Å². The standard InChI is InChI=1S/C20H22O3/c1-2-23-20(22)18-14-12-16(13-15-18)8-6-7-11-19(21)17-9-4-3-5-10-17/h3-5,9-10,12-15H,2,6-8,11H2,1H3. The number of esters is 1. The number of ether oxygens (including phenoxy) is 1. The Morgan fingerprint density at radius 3 is 2.22 bits per heavy atom. The molecule has 0 unspecified atom stereocenters. The van der Waals surface area contributed by atoms with Crippen LogP contribution in [0.3, 0.4) is 0 Å². The molecule has 3 nitrogen and oxygen atoms in total. The topological polar surface area (TPSA) is 43.4 Å². The van der Waals surface area contributed by atoms with Gasteiger partial charge in [-0.05, 0) is 43.9 Å². The number of carbonyl (C=O) groups excluding carboxylic acids is 2. The van der Waals surface area contributed by atoms with Crippen molar-refractivity contribution in [2.24, 2.45) is 0 Å². The third-order valence-corrected chi connectivity index (χ3v) is 3.68. The lowest BCUT2D eigenvalue weighted by molar-refractivity contribution is 0.0526. The van der Waals surface area contributed by atoms with E-state index in [9.17, 15) is 9.59 Å². The largest absolute Gasteiger partial charge is 0.462 e. The summed E-state index contributed by atoms with van der Waals surface area (Å²) in [6, 6.07) is 16.9. The smallest absolute Gasteiger partial charge is 0.338 e. The predicted molar refractivity (Wildman–Crippen MR) is 90.7 cm³/mol. The van der Waals surface area contributed by atoms with Crippen LogP contribution < -0.4 is 0 Å². The molecule has 0 radical (unpaired) electrons. The molecule has 0 aliphatic heterocycles. The number of benzene rings is 2. The minimum absolute atomic E-state index is 0.197. The summed E-state index contributed by atoms with van der Waals surface area (Å²) in [6.07, 6.45) is 3.31. The van der Waals surface area contributed by atoms with Crippen LogP contribution in [0.5, 0.6) is 0 Å². The number of rotatable bonds is 8. The Hall–Kier alpha value is -2.42. The molecular weight excluding hydrogens is 288 g/mol. The molecule has 0 spiro atoms. The zero-order chi connectivity index (χ0) is 16.5. The molecule has 2 aromatic carbocycles. The molecule has 0 fully saturated rings. The van der Waals surface area contributed by atoms with E-state index in [1.807, 2.05) is 42.5 Å². The van der Waals surface area contributed by atoms with Crippen LogP contribution in [0.15, 0.2) is 54.6 Å². The van der Waals surface area contributed by atoms with Crippen LogP contribution in [0.25, 0.3) is 0 Å². The normalized spacial score (nSPS) is 10.3. The van der Waals surface area contributed by atoms with Gasteiger partial charge in [0.1, 0.15) is 0 Å². The van der Waals surface area contributed by atoms with Gasteiger partial charge >= 0.3 is 5.97 Å². The van der Waals surface area contributed by atoms with Crippen LogP contribution in [0.4, 0.5) is 0 Å². The van der Waals surface area contributed by atoms with Gasteiger partial charge in [0.2, 0.25) is 0 Å². The van der Waals surface area contributed by atoms with E-state index in [4.69, 9.17) is 4.74 Å². The minimum atomic E-state index is -0.285. The van der Waals surface area contributed by atoms with Gasteiger partial charge in [-0.25, -0.2) is 4.79 Å². The lowest BCUT2D eigenvalue weighted by Crippen LogP contribution is -2.04. The second-order valence-corrected chi connectivity index (χ2v) is 5.41. The highest BCUT2D eigenvalue weighted by Crippen LogP contribution is 2.12. The van der Waals surface area contributed by atoms with Crippen LogP contribution in [-0.4, -0.2) is 18.4 Å². The molecule has 120 valence electrons. The number of hydrogen-bond donors (Lipinski definition) is 0. The Morgan fingerprint density at radius 2 is 1.57 bits per heavy atom. The van der Waals surface area contributed by atoms with E-state index in [0.717, 1.165) is 24.8 Å². The Labute approximate surface area is 137 Å². The summed E-state index contributed by atoms with van der Waals surface area (Å²) in [5, 5.41) is 0. The van der Waals surface area contributed by atoms with Crippen molar-refractivity contribution >= 4 is 11.8 Å². The molecule has 0 aliphatic rings. The molecule has 0 heterocycles. The summed E-state index contributed by atoms with van der Waals surface area (Å²) in [7, 11) is 0. The van der Waals surface area contributed by atoms with Crippen LogP contribution in [-0.2, 0) is 11.2 Å². The number of aryl methyl sites for hydroxylation is 1. The van der Waals surface area contributed by atoms with Crippen LogP contribution in [0.1, 0.15) is 52.5 Å². The summed E-state index contributed by atoms with van der Waals surface area (Å²) < 4.78 is 4.96. The van der Waals surface area contributed by atoms with Crippen molar-refractivity contribution in [2.75, 3.05) is 6.61 Å². The lowest BCUT2D eigenvalue weighted by atomic mass is 10.0. The fourth-order valence-corrected chi connectivity index (χ4v) is 2.40. The van der Waals surface area contributed by atoms with E-state index in [-0.39, 0.29) is 11.8 Å². The van der Waals surface area contributed by atoms with Gasteiger partial charge < -0.3 is 4.74 Å². The zero-order valence-corrected chi connectivity index (χ0v) is 13.5. The first-order valence-electron chi connectivity index (χ1n) is 8.05. The van der Waals surface area contributed by atoms with Gasteiger partial charge in [0.15, 0.2) is 5.78 Å². The highest BCUT2D eigenvalue weighted by Gasteiger charge is 2.06. The molecule has 2 aromatic rings. The molecule has 2 rings (SSSR count). The first-order chi connectivity index (χ1) is 11.2. The Balaban J connectivity index is 1.74. The van der Waals surface area contributed by atoms with E-state index >= 15 is 0 Å². The van der Waals surface area contributed by atoms with Crippen molar-refractivity contribution in [1.29, 1.82) is 0 Å². The first-order valence-corrected chi connectivity index (χ1v) is 8.05. The number of ketones is 1. The molecule has 3 heteroatoms. The van der Waals surface area contributed by atoms with Crippen molar-refractivity contribution in [3.63, 3.8) is 0 Å². The molecule has 23 heavy (non-hydrogen) atoms. The van der Waals surface area contributed by atoms with Gasteiger partial charge in [-0.1, -0.05) is 42.5 Å². The molecule has 0 saturated heterocycles. The highest BCUT2D eigenvalue weighted by molar-refractivity contribution is 5.95. The van der Waals surface area contributed by atoms with E-state index < -0.39 is 0 Å². The number of Topliss-reactive ketones (excluding diaryl/α,β-unsaturated/α-hetero) is 1. The molecule has 0 aromatic heterocycles. The van der Waals surface area contributed by atoms with Gasteiger partial charge in [-0.15, -0.1) is 0 Å². The fourth-order valence-electron chi connectivity index (χ4n) is 2.40. The SMILES string of the molecule is CCOC(=O)c1ccc(CCCCC(=O)c2ccccc2)cc1. The summed E-state index contributed by atoms with van der Waals surface area (Å²) in [6.45, 7) is 2.18. The molecule has 0 amide bonds. The second-order valence-electron chi connectivity index (χ2n) is 5.41. The third kappa shape index (κ3) is 5.37. The lowest BCUT2D eigenvalue weighted by Gasteiger charge is -2.05. The predicted octanol–water partition coefficient (Wildman–Crippen LogP) is 4.46. The maximum atomic E-state index is 12.0. The van der Waals surface area contributed by atoms with Crippen LogP contribution in [0, 0.1) is 0 Å². The van der Waals surface area contributed by atoms with E-state index in [1.54, 1.807) is 19.1 Å². The van der Waals surface area contributed by atoms with Crippen molar-refractivity contribution in [3.05, 3.63) is 71.3 Å². The van der Waals surface area contributed by atoms with Crippen LogP contribution >= 0.6 is 0 Å². The zero-order valence-electron chi connectivity index (χ0n) is 13.5. The van der Waals surface area contributed by atoms with Gasteiger partial charge in [-0.2, -0.15) is 0 Å². The number of carbonyl (C=O) groups is 2. The summed E-state index contributed by atoms with van der Waals surface area (Å²) in [4.78, 5) is 23.6. The highest BCUT2D eigenvalue weighted by atomic mass is 16.5. The van der Waals surface area contributed by atoms with E-state index in [2.05, 4.69) is 0 Å². The molecule has 0 N–H and O–H groups in total. The van der Waals surface area contributed by atoms with Crippen LogP contribution in [0.2, 0.25) is 0 Å². The van der Waals surface area contributed by atoms with Gasteiger partial charge in [0.05, 0.1) is 12.2 Å². The molecular formula is C20H22O3. The maximum Gasteiger partial charge on any atom is 0.338 e. The van der Waals surface area contributed by atoms with Crippen molar-refractivity contribution in [2.45, 2.75) is 32.6 Å². The quantitative estimate of drug-likeness (QED) is 0.411. The Kier molecular flexibility index (Phi) is 6.55. The first kappa shape index (κ1) is 16.9. The minimum Gasteiger partial charge on any atom is -0.462 e. The summed E-state index contributed by atoms with van der Waals surface area (Å²) in [5.74, 6) is -0.0873. The molecule has 0 bridgehead atoms. The Bertz CT molecular complexity index is 630. The maximum absolute atomic E-state index is 12.0. The van der Waals surface area contributed by atoms with Gasteiger partial charge in [-0.3, -0.25) is 4.79 Å². The molecule has 0 aliphatic carbocycles.